The van der Waals surface area contributed by atoms with Crippen LogP contribution in [0.2, 0.25) is 0 Å². The Morgan fingerprint density at radius 2 is 0.856 bits per heavy atom. The van der Waals surface area contributed by atoms with Crippen molar-refractivity contribution in [3.8, 4) is 0 Å². The largest absolute Gasteiger partial charge is 0.394 e. The van der Waals surface area contributed by atoms with Gasteiger partial charge in [-0.15, -0.1) is 0 Å². The van der Waals surface area contributed by atoms with Gasteiger partial charge in [-0.05, 0) is 106 Å². The van der Waals surface area contributed by atoms with Crippen molar-refractivity contribution in [2.45, 2.75) is 206 Å². The second-order valence-electron chi connectivity index (χ2n) is 35.5. The third kappa shape index (κ3) is 35.0. The first kappa shape index (κ1) is 99.8. The van der Waals surface area contributed by atoms with E-state index in [1.807, 2.05) is 59.7 Å². The second kappa shape index (κ2) is 38.4. The van der Waals surface area contributed by atoms with Crippen molar-refractivity contribution in [1.82, 2.24) is 25.8 Å². The molecule has 4 heterocycles. The Hall–Kier alpha value is -4.20. The van der Waals surface area contributed by atoms with Crippen LogP contribution < -0.4 is 9.03 Å². The van der Waals surface area contributed by atoms with Gasteiger partial charge in [-0.3, -0.25) is 13.2 Å². The van der Waals surface area contributed by atoms with Gasteiger partial charge in [0.15, 0.2) is 0 Å². The van der Waals surface area contributed by atoms with Gasteiger partial charge in [-0.2, -0.15) is 55.6 Å². The Morgan fingerprint density at radius 3 is 1.14 bits per heavy atom. The highest BCUT2D eigenvalue weighted by Gasteiger charge is 2.54. The fourth-order valence-corrected chi connectivity index (χ4v) is 17.5. The van der Waals surface area contributed by atoms with Crippen LogP contribution in [0.15, 0.2) is 103 Å². The zero-order valence-corrected chi connectivity index (χ0v) is 73.9. The summed E-state index contributed by atoms with van der Waals surface area (Å²) in [4.78, 5) is 0. The first-order valence-electron chi connectivity index (χ1n) is 34.9. The molecule has 104 heavy (non-hydrogen) atoms. The third-order valence-electron chi connectivity index (χ3n) is 16.8. The number of nitrogens with zero attached hydrogens (tertiary/aromatic N) is 7. The van der Waals surface area contributed by atoms with E-state index in [1.165, 1.54) is 101 Å². The number of para-hydroxylation sites is 2. The summed E-state index contributed by atoms with van der Waals surface area (Å²) in [7, 11) is -5.07. The van der Waals surface area contributed by atoms with Crippen LogP contribution in [-0.4, -0.2) is 185 Å². The van der Waals surface area contributed by atoms with Crippen LogP contribution in [-0.2, 0) is 87.9 Å². The molecule has 4 aliphatic rings. The van der Waals surface area contributed by atoms with E-state index in [4.69, 9.17) is 0 Å². The number of rotatable bonds is 7. The summed E-state index contributed by atoms with van der Waals surface area (Å²) >= 11 is 0. The van der Waals surface area contributed by atoms with Crippen molar-refractivity contribution in [2.24, 2.45) is 27.1 Å². The molecule has 1 atom stereocenters. The van der Waals surface area contributed by atoms with Gasteiger partial charge in [0, 0.05) is 101 Å². The lowest BCUT2D eigenvalue weighted by atomic mass is 9.69. The number of hydrogen-bond donors (Lipinski definition) is 1. The maximum Gasteiger partial charge on any atom is 0.394 e. The van der Waals surface area contributed by atoms with Crippen LogP contribution in [0.25, 0.3) is 0 Å². The Balaban J connectivity index is 0.00000116. The molecule has 2 saturated heterocycles. The number of hydrogen-bond acceptors (Lipinski definition) is 11. The molecule has 0 radical (unpaired) electrons. The van der Waals surface area contributed by atoms with Crippen molar-refractivity contribution < 1.29 is 59.5 Å². The van der Waals surface area contributed by atoms with E-state index in [0.29, 0.717) is 72.3 Å². The second-order valence-corrected chi connectivity index (χ2v) is 48.5. The fourth-order valence-electron chi connectivity index (χ4n) is 9.51. The van der Waals surface area contributed by atoms with Crippen molar-refractivity contribution in [3.05, 3.63) is 131 Å². The number of alkyl halides is 3. The molecule has 2 fully saturated rings. The van der Waals surface area contributed by atoms with E-state index in [-0.39, 0.29) is 21.7 Å². The molecular formula is C76H135F3N8O11S6. The first-order valence-corrected chi connectivity index (χ1v) is 44.4. The molecule has 0 spiro atoms. The highest BCUT2D eigenvalue weighted by Crippen LogP contribution is 2.50. The monoisotopic (exact) mass is 1580 g/mol. The summed E-state index contributed by atoms with van der Waals surface area (Å²) in [5.41, 5.74) is 6.33. The van der Waals surface area contributed by atoms with Gasteiger partial charge in [-0.25, -0.2) is 25.4 Å². The molecule has 602 valence electrons. The molecule has 8 rings (SSSR count). The summed E-state index contributed by atoms with van der Waals surface area (Å²) in [5.74, 6) is 5.80. The lowest BCUT2D eigenvalue weighted by molar-refractivity contribution is -0.243. The van der Waals surface area contributed by atoms with Gasteiger partial charge >= 0.3 is 16.4 Å². The minimum atomic E-state index is -4.12. The number of nitrogens with one attached hydrogen (secondary N) is 1. The van der Waals surface area contributed by atoms with Gasteiger partial charge in [0.05, 0.1) is 28.3 Å². The lowest BCUT2D eigenvalue weighted by Gasteiger charge is -2.40. The topological polar surface area (TPSA) is 222 Å². The van der Waals surface area contributed by atoms with Crippen molar-refractivity contribution in [3.63, 3.8) is 0 Å². The Kier molecular flexibility index (Phi) is 36.9. The smallest absolute Gasteiger partial charge is 0.267 e. The molecule has 4 aromatic carbocycles. The summed E-state index contributed by atoms with van der Waals surface area (Å²) in [6.07, 6.45) is -2.54. The van der Waals surface area contributed by atoms with E-state index in [1.54, 1.807) is 45.2 Å². The lowest BCUT2D eigenvalue weighted by Crippen LogP contribution is -2.43. The van der Waals surface area contributed by atoms with Crippen molar-refractivity contribution in [1.29, 1.82) is 0 Å². The zero-order chi connectivity index (χ0) is 82.1. The standard InChI is InChI=1S/C13H18OS.C11H16N2O2S.2C10H14.C8H15F3.C8H20N2O2S.C8H17NO2S.C4H12N2O2S.C4H9NO2S/c1-13(2,3)12-6-5-10-8-15(4,14)9-11(10)7-12;1-11(2,3)8-13-10-7-5-4-6-9(10)12-16(13,14)15;2*1-10(2,3)9-7-5-4-6-8-9;1-6(2,3)7(4,5)8(9,10)11;1-8(2,3)7-10(6)13(11,12)9(4)5;1-8(2,3)7-9-5-4-6-12(9,10)11;1-5(2)9(7,8)6(3)4;1-5-3-2-4-8(5,6)7/h5-7H,4,8-9H2,1-3H3;4-7,12H,8H2,1-3H3;2*4-8H,1-3H3;1-5H3;7H2,1-6H3;4-7H2,1-3H3;1-4H3;2-4H2,1H3. The maximum absolute atomic E-state index is 12.3. The highest BCUT2D eigenvalue weighted by atomic mass is 32.2. The van der Waals surface area contributed by atoms with E-state index in [9.17, 15) is 59.5 Å². The summed E-state index contributed by atoms with van der Waals surface area (Å²) in [5, 5.41) is 0. The van der Waals surface area contributed by atoms with Crippen LogP contribution >= 0.6 is 0 Å². The molecule has 0 aromatic heterocycles. The molecule has 4 aliphatic heterocycles. The highest BCUT2D eigenvalue weighted by molar-refractivity contribution is 7.99. The molecule has 1 unspecified atom stereocenters. The Morgan fingerprint density at radius 1 is 0.471 bits per heavy atom. The van der Waals surface area contributed by atoms with Crippen LogP contribution in [0.1, 0.15) is 200 Å². The molecule has 0 amide bonds. The van der Waals surface area contributed by atoms with E-state index >= 15 is 0 Å². The summed E-state index contributed by atoms with van der Waals surface area (Å²) in [6, 6.07) is 34.8. The molecule has 0 saturated carbocycles. The van der Waals surface area contributed by atoms with E-state index < -0.39 is 77.2 Å². The molecular weight excluding hydrogens is 1450 g/mol. The van der Waals surface area contributed by atoms with E-state index in [0.717, 1.165) is 27.1 Å². The third-order valence-corrected chi connectivity index (χ3v) is 27.4. The number of halogens is 3. The van der Waals surface area contributed by atoms with Crippen molar-refractivity contribution in [2.75, 3.05) is 110 Å². The summed E-state index contributed by atoms with van der Waals surface area (Å²) < 4.78 is 174. The van der Waals surface area contributed by atoms with Crippen LogP contribution in [0.5, 0.6) is 0 Å². The van der Waals surface area contributed by atoms with Gasteiger partial charge in [0.25, 0.3) is 20.4 Å². The maximum atomic E-state index is 12.3. The Labute approximate surface area is 632 Å². The normalized spacial score (nSPS) is 18.2. The molecule has 1 N–H and O–H groups in total. The number of sulfonamides is 2. The predicted molar refractivity (Wildman–Crippen MR) is 435 cm³/mol. The predicted octanol–water partition coefficient (Wildman–Crippen LogP) is 15.4. The number of fused-ring (bicyclic) bond motifs is 2. The fraction of sp³-hybridized carbons (Fsp3) is 0.671. The SMILES string of the molecule is C=S1(=O)Cc2ccc(C(C)(C)C)cc2C1.CC(C)(C)C(C)(C)C(F)(F)F.CC(C)(C)CN1CCCS1(=O)=O.CC(C)(C)CN1c2ccccc2NS1(=O)=O.CC(C)(C)c1ccccc1.CC(C)(C)c1ccccc1.CN(C)S(=O)(=O)N(C)C.CN(C)S(=O)(=O)N(C)CC(C)(C)C.CN1CCCS1(=O)=O. The zero-order valence-electron chi connectivity index (χ0n) is 69.0. The van der Waals surface area contributed by atoms with Crippen LogP contribution in [0, 0.1) is 27.1 Å². The van der Waals surface area contributed by atoms with Gasteiger partial charge < -0.3 is 0 Å². The van der Waals surface area contributed by atoms with Gasteiger partial charge in [0.1, 0.15) is 0 Å². The number of anilines is 2. The van der Waals surface area contributed by atoms with E-state index in [2.05, 4.69) is 173 Å². The molecule has 0 aliphatic carbocycles. The minimum Gasteiger partial charge on any atom is -0.267 e. The quantitative estimate of drug-likeness (QED) is 0.171. The van der Waals surface area contributed by atoms with Gasteiger partial charge in [-0.1, -0.05) is 250 Å². The minimum absolute atomic E-state index is 0.0160. The molecule has 19 nitrogen and oxygen atoms in total. The first-order chi connectivity index (χ1) is 46.2. The Bertz CT molecular complexity index is 3920. The average Bonchev–Trinajstić information content (AvgIpc) is 1.45. The average molecular weight is 1590 g/mol. The molecule has 0 bridgehead atoms. The summed E-state index contributed by atoms with van der Waals surface area (Å²) in [6.45, 7) is 48.5. The van der Waals surface area contributed by atoms with Crippen molar-refractivity contribution >= 4 is 77.4 Å². The van der Waals surface area contributed by atoms with Crippen LogP contribution in [0.3, 0.4) is 0 Å². The number of benzene rings is 4. The van der Waals surface area contributed by atoms with Gasteiger partial charge in [0.2, 0.25) is 20.0 Å². The molecule has 4 aromatic rings. The van der Waals surface area contributed by atoms with Crippen LogP contribution in [0.4, 0.5) is 24.5 Å². The molecule has 28 heteroatoms.